The van der Waals surface area contributed by atoms with Gasteiger partial charge in [-0.25, -0.2) is 0 Å². The van der Waals surface area contributed by atoms with Crippen molar-refractivity contribution in [2.24, 2.45) is 5.92 Å². The summed E-state index contributed by atoms with van der Waals surface area (Å²) in [7, 11) is -0.562. The minimum atomic E-state index is -1.94. The van der Waals surface area contributed by atoms with Crippen molar-refractivity contribution in [2.75, 3.05) is 7.11 Å². The van der Waals surface area contributed by atoms with Gasteiger partial charge < -0.3 is 14.3 Å². The molecule has 210 valence electrons. The highest BCUT2D eigenvalue weighted by atomic mass is 28.4. The molecule has 0 heterocycles. The molecular weight excluding hydrogens is 452 g/mol. The van der Waals surface area contributed by atoms with E-state index in [1.54, 1.807) is 6.92 Å². The van der Waals surface area contributed by atoms with Gasteiger partial charge in [0.15, 0.2) is 8.32 Å². The summed E-state index contributed by atoms with van der Waals surface area (Å²) in [6, 6.07) is 0. The van der Waals surface area contributed by atoms with Crippen molar-refractivity contribution in [2.45, 2.75) is 174 Å². The third-order valence-corrected chi connectivity index (χ3v) is 12.6. The number of esters is 1. The van der Waals surface area contributed by atoms with Gasteiger partial charge in [0.25, 0.3) is 0 Å². The van der Waals surface area contributed by atoms with E-state index in [9.17, 15) is 9.90 Å². The van der Waals surface area contributed by atoms with Gasteiger partial charge in [0.05, 0.1) is 19.1 Å². The van der Waals surface area contributed by atoms with Crippen LogP contribution in [0.5, 0.6) is 0 Å². The lowest BCUT2D eigenvalue weighted by Crippen LogP contribution is -2.45. The Morgan fingerprint density at radius 3 is 1.57 bits per heavy atom. The predicted octanol–water partition coefficient (Wildman–Crippen LogP) is 9.20. The minimum absolute atomic E-state index is 0.0000275. The van der Waals surface area contributed by atoms with Gasteiger partial charge >= 0.3 is 5.97 Å². The zero-order valence-corrected chi connectivity index (χ0v) is 25.9. The molecule has 0 radical (unpaired) electrons. The Hall–Kier alpha value is -0.393. The van der Waals surface area contributed by atoms with Crippen molar-refractivity contribution in [3.63, 3.8) is 0 Å². The average molecular weight is 515 g/mol. The molecule has 0 unspecified atom stereocenters. The Balaban J connectivity index is 4.19. The maximum absolute atomic E-state index is 11.9. The summed E-state index contributed by atoms with van der Waals surface area (Å²) in [5, 5.41) is 10.8. The van der Waals surface area contributed by atoms with Crippen LogP contribution in [0.25, 0.3) is 0 Å². The Morgan fingerprint density at radius 1 is 0.800 bits per heavy atom. The monoisotopic (exact) mass is 514 g/mol. The molecule has 0 aromatic heterocycles. The summed E-state index contributed by atoms with van der Waals surface area (Å²) >= 11 is 0. The molecule has 0 aliphatic carbocycles. The molecule has 1 N–H and O–H groups in total. The quantitative estimate of drug-likeness (QED) is 0.0888. The number of unbranched alkanes of at least 4 members (excludes halogenated alkanes) is 14. The second-order valence-corrected chi connectivity index (χ2v) is 17.1. The Morgan fingerprint density at radius 2 is 1.20 bits per heavy atom. The van der Waals surface area contributed by atoms with E-state index in [1.807, 2.05) is 0 Å². The topological polar surface area (TPSA) is 55.8 Å². The second kappa shape index (κ2) is 19.7. The Bertz CT molecular complexity index is 515. The molecule has 35 heavy (non-hydrogen) atoms. The first-order valence-corrected chi connectivity index (χ1v) is 17.8. The van der Waals surface area contributed by atoms with E-state index in [0.29, 0.717) is 6.42 Å². The molecule has 0 bridgehead atoms. The molecule has 0 aromatic carbocycles. The molecule has 0 aromatic rings. The van der Waals surface area contributed by atoms with E-state index in [0.717, 1.165) is 12.8 Å². The standard InChI is InChI=1S/C30H62O4Si/c1-9-10-11-12-13-14-15-16-17-18-19-20-21-22-23-24-27(34-35(7,8)30(3,4)5)25-28(31)26(2)29(32)33-6/h26-28,31H,9-25H2,1-8H3/t26-,27+,28-/m1/s1. The minimum Gasteiger partial charge on any atom is -0.469 e. The van der Waals surface area contributed by atoms with Crippen LogP contribution in [-0.4, -0.2) is 38.7 Å². The third-order valence-electron chi connectivity index (χ3n) is 8.05. The number of ether oxygens (including phenoxy) is 1. The van der Waals surface area contributed by atoms with Crippen LogP contribution in [0.15, 0.2) is 0 Å². The van der Waals surface area contributed by atoms with Crippen LogP contribution in [0.1, 0.15) is 144 Å². The molecule has 4 nitrogen and oxygen atoms in total. The number of carbonyl (C=O) groups excluding carboxylic acids is 1. The maximum atomic E-state index is 11.9. The van der Waals surface area contributed by atoms with Gasteiger partial charge in [0, 0.05) is 6.10 Å². The summed E-state index contributed by atoms with van der Waals surface area (Å²) in [6.07, 6.45) is 21.1. The van der Waals surface area contributed by atoms with E-state index in [1.165, 1.54) is 97.0 Å². The van der Waals surface area contributed by atoms with Gasteiger partial charge in [-0.1, -0.05) is 124 Å². The SMILES string of the molecule is CCCCCCCCCCCCCCCCC[C@@H](C[C@@H](O)[C@@H](C)C(=O)OC)O[Si](C)(C)C(C)(C)C. The zero-order chi connectivity index (χ0) is 26.7. The lowest BCUT2D eigenvalue weighted by molar-refractivity contribution is -0.149. The van der Waals surface area contributed by atoms with Crippen LogP contribution in [0, 0.1) is 5.92 Å². The number of aliphatic hydroxyl groups is 1. The first-order chi connectivity index (χ1) is 16.5. The Kier molecular flexibility index (Phi) is 19.5. The number of hydrogen-bond donors (Lipinski definition) is 1. The van der Waals surface area contributed by atoms with E-state index < -0.39 is 20.3 Å². The summed E-state index contributed by atoms with van der Waals surface area (Å²) in [5.41, 5.74) is 0. The largest absolute Gasteiger partial charge is 0.469 e. The first kappa shape index (κ1) is 34.6. The number of carbonyl (C=O) groups is 1. The van der Waals surface area contributed by atoms with Crippen molar-refractivity contribution in [3.05, 3.63) is 0 Å². The van der Waals surface area contributed by atoms with Gasteiger partial charge in [0.2, 0.25) is 0 Å². The molecule has 3 atom stereocenters. The predicted molar refractivity (Wildman–Crippen MR) is 153 cm³/mol. The summed E-state index contributed by atoms with van der Waals surface area (Å²) in [5.74, 6) is -0.873. The van der Waals surface area contributed by atoms with Gasteiger partial charge in [-0.3, -0.25) is 4.79 Å². The molecule has 0 fully saturated rings. The number of hydrogen-bond acceptors (Lipinski definition) is 4. The van der Waals surface area contributed by atoms with E-state index in [4.69, 9.17) is 9.16 Å². The first-order valence-electron chi connectivity index (χ1n) is 14.9. The van der Waals surface area contributed by atoms with Crippen molar-refractivity contribution < 1.29 is 19.1 Å². The van der Waals surface area contributed by atoms with Gasteiger partial charge in [-0.05, 0) is 37.9 Å². The van der Waals surface area contributed by atoms with Crippen LogP contribution in [0.4, 0.5) is 0 Å². The van der Waals surface area contributed by atoms with E-state index in [2.05, 4.69) is 40.8 Å². The number of aliphatic hydroxyl groups excluding tert-OH is 1. The molecule has 0 amide bonds. The molecule has 0 aliphatic rings. The Labute approximate surface area is 220 Å². The zero-order valence-electron chi connectivity index (χ0n) is 24.9. The van der Waals surface area contributed by atoms with E-state index >= 15 is 0 Å². The summed E-state index contributed by atoms with van der Waals surface area (Å²) < 4.78 is 11.5. The van der Waals surface area contributed by atoms with Crippen LogP contribution in [0.3, 0.4) is 0 Å². The van der Waals surface area contributed by atoms with Crippen LogP contribution >= 0.6 is 0 Å². The van der Waals surface area contributed by atoms with Gasteiger partial charge in [0.1, 0.15) is 0 Å². The third kappa shape index (κ3) is 16.9. The fourth-order valence-corrected chi connectivity index (χ4v) is 5.78. The van der Waals surface area contributed by atoms with Gasteiger partial charge in [-0.15, -0.1) is 0 Å². The van der Waals surface area contributed by atoms with Crippen molar-refractivity contribution in [1.29, 1.82) is 0 Å². The van der Waals surface area contributed by atoms with Crippen molar-refractivity contribution in [3.8, 4) is 0 Å². The smallest absolute Gasteiger partial charge is 0.311 e. The lowest BCUT2D eigenvalue weighted by atomic mass is 9.96. The second-order valence-electron chi connectivity index (χ2n) is 12.4. The molecule has 0 saturated heterocycles. The molecule has 0 aliphatic heterocycles. The molecular formula is C30H62O4Si. The summed E-state index contributed by atoms with van der Waals surface area (Å²) in [4.78, 5) is 11.9. The highest BCUT2D eigenvalue weighted by Crippen LogP contribution is 2.38. The van der Waals surface area contributed by atoms with Crippen molar-refractivity contribution >= 4 is 14.3 Å². The maximum Gasteiger partial charge on any atom is 0.311 e. The van der Waals surface area contributed by atoms with Crippen LogP contribution in [0.2, 0.25) is 18.1 Å². The highest BCUT2D eigenvalue weighted by Gasteiger charge is 2.39. The van der Waals surface area contributed by atoms with E-state index in [-0.39, 0.29) is 17.1 Å². The molecule has 0 spiro atoms. The van der Waals surface area contributed by atoms with Crippen LogP contribution in [-0.2, 0) is 14.0 Å². The number of rotatable bonds is 22. The molecule has 5 heteroatoms. The normalized spacial score (nSPS) is 15.1. The summed E-state index contributed by atoms with van der Waals surface area (Å²) in [6.45, 7) is 15.3. The fraction of sp³-hybridized carbons (Fsp3) is 0.967. The average Bonchev–Trinajstić information content (AvgIpc) is 2.79. The fourth-order valence-electron chi connectivity index (χ4n) is 4.38. The van der Waals surface area contributed by atoms with Crippen molar-refractivity contribution in [1.82, 2.24) is 0 Å². The molecule has 0 rings (SSSR count). The molecule has 0 saturated carbocycles. The number of methoxy groups -OCH3 is 1. The lowest BCUT2D eigenvalue weighted by Gasteiger charge is -2.40. The highest BCUT2D eigenvalue weighted by molar-refractivity contribution is 6.74. The van der Waals surface area contributed by atoms with Gasteiger partial charge in [-0.2, -0.15) is 0 Å². The van der Waals surface area contributed by atoms with Crippen LogP contribution < -0.4 is 0 Å².